The fourth-order valence-electron chi connectivity index (χ4n) is 2.23. The second kappa shape index (κ2) is 17.5. The van der Waals surface area contributed by atoms with E-state index >= 15 is 0 Å². The molecule has 2 aliphatic rings. The number of aromatic hydroxyl groups is 2. The fourth-order valence-corrected chi connectivity index (χ4v) is 2.23. The summed E-state index contributed by atoms with van der Waals surface area (Å²) < 4.78 is 0. The number of hydrogen-bond acceptors (Lipinski definition) is 2. The maximum Gasteiger partial charge on any atom is 2.00 e. The van der Waals surface area contributed by atoms with Gasteiger partial charge in [0.2, 0.25) is 0 Å². The van der Waals surface area contributed by atoms with Crippen molar-refractivity contribution in [2.45, 2.75) is 64.2 Å². The summed E-state index contributed by atoms with van der Waals surface area (Å²) in [7, 11) is 0. The van der Waals surface area contributed by atoms with Crippen LogP contribution in [0.2, 0.25) is 0 Å². The minimum absolute atomic E-state index is 0. The van der Waals surface area contributed by atoms with Gasteiger partial charge in [-0.15, -0.1) is 0 Å². The molecule has 2 nitrogen and oxygen atoms in total. The standard InChI is InChI=1S/C6H6O2.2C5H10.2CH3.V/c7-5-3-1-2-4-6(5)8;2*1-2-4-5-3-1;;;/h1-4,7-8H;2*1-5H2;2*1H3;/q;;;2*-1;+2. The molecule has 0 unspecified atom stereocenters. The van der Waals surface area contributed by atoms with Gasteiger partial charge in [0.25, 0.3) is 0 Å². The summed E-state index contributed by atoms with van der Waals surface area (Å²) in [5.74, 6) is -0.153. The van der Waals surface area contributed by atoms with E-state index in [0.29, 0.717) is 0 Å². The van der Waals surface area contributed by atoms with Crippen molar-refractivity contribution in [1.82, 2.24) is 0 Å². The third-order valence-corrected chi connectivity index (χ3v) is 3.38. The minimum atomic E-state index is -0.0764. The van der Waals surface area contributed by atoms with E-state index in [1.807, 2.05) is 0 Å². The molecule has 1 aromatic carbocycles. The van der Waals surface area contributed by atoms with Gasteiger partial charge in [0, 0.05) is 0 Å². The van der Waals surface area contributed by atoms with Crippen LogP contribution < -0.4 is 0 Å². The van der Waals surface area contributed by atoms with E-state index in [-0.39, 0.29) is 44.9 Å². The maximum absolute atomic E-state index is 8.67. The van der Waals surface area contributed by atoms with Gasteiger partial charge in [0.15, 0.2) is 11.5 Å². The Morgan fingerprint density at radius 1 is 0.524 bits per heavy atom. The summed E-state index contributed by atoms with van der Waals surface area (Å²) in [6, 6.07) is 6.15. The summed E-state index contributed by atoms with van der Waals surface area (Å²) in [5, 5.41) is 17.3. The normalized spacial score (nSPS) is 14.9. The Bertz CT molecular complexity index is 262. The van der Waals surface area contributed by atoms with Crippen LogP contribution >= 0.6 is 0 Å². The Morgan fingerprint density at radius 2 is 0.714 bits per heavy atom. The molecule has 2 N–H and O–H groups in total. The van der Waals surface area contributed by atoms with Gasteiger partial charge in [-0.2, -0.15) is 0 Å². The van der Waals surface area contributed by atoms with Crippen LogP contribution in [0, 0.1) is 14.9 Å². The molecule has 2 aliphatic carbocycles. The molecule has 121 valence electrons. The van der Waals surface area contributed by atoms with E-state index in [4.69, 9.17) is 10.2 Å². The summed E-state index contributed by atoms with van der Waals surface area (Å²) in [5.41, 5.74) is 0. The van der Waals surface area contributed by atoms with Gasteiger partial charge in [-0.05, 0) is 12.1 Å². The Labute approximate surface area is 143 Å². The van der Waals surface area contributed by atoms with Gasteiger partial charge in [-0.1, -0.05) is 76.3 Å². The molecule has 0 heterocycles. The molecule has 21 heavy (non-hydrogen) atoms. The van der Waals surface area contributed by atoms with Crippen LogP contribution in [0.25, 0.3) is 0 Å². The van der Waals surface area contributed by atoms with Crippen LogP contribution in [0.5, 0.6) is 11.5 Å². The monoisotopic (exact) mass is 331 g/mol. The Hall–Kier alpha value is -0.596. The fraction of sp³-hybridized carbons (Fsp3) is 0.556. The van der Waals surface area contributed by atoms with Gasteiger partial charge in [0.1, 0.15) is 0 Å². The Balaban J connectivity index is -0.000000223. The molecule has 0 saturated heterocycles. The SMILES string of the molecule is C1CCCC1.C1CCCC1.Oc1ccccc1O.[CH3-].[CH3-].[V+2]. The van der Waals surface area contributed by atoms with Crippen molar-refractivity contribution in [2.24, 2.45) is 0 Å². The number of hydrogen-bond donors (Lipinski definition) is 2. The van der Waals surface area contributed by atoms with Gasteiger partial charge < -0.3 is 25.1 Å². The zero-order valence-corrected chi connectivity index (χ0v) is 15.1. The summed E-state index contributed by atoms with van der Waals surface area (Å²) in [6.07, 6.45) is 15.0. The quantitative estimate of drug-likeness (QED) is 0.459. The molecule has 2 saturated carbocycles. The molecular weight excluding hydrogens is 299 g/mol. The van der Waals surface area contributed by atoms with Crippen LogP contribution in [0.1, 0.15) is 64.2 Å². The van der Waals surface area contributed by atoms with Crippen LogP contribution in [0.3, 0.4) is 0 Å². The first kappa shape index (κ1) is 25.4. The molecule has 1 aromatic rings. The maximum atomic E-state index is 8.67. The largest absolute Gasteiger partial charge is 2.00 e. The van der Waals surface area contributed by atoms with Gasteiger partial charge in [-0.3, -0.25) is 0 Å². The number of phenols is 2. The van der Waals surface area contributed by atoms with Crippen LogP contribution in [0.15, 0.2) is 24.3 Å². The molecule has 0 amide bonds. The predicted octanol–water partition coefficient (Wildman–Crippen LogP) is 5.90. The number of benzene rings is 1. The van der Waals surface area contributed by atoms with Crippen molar-refractivity contribution >= 4 is 0 Å². The summed E-state index contributed by atoms with van der Waals surface area (Å²) in [4.78, 5) is 0. The number of rotatable bonds is 0. The van der Waals surface area contributed by atoms with Gasteiger partial charge in [-0.25, -0.2) is 0 Å². The average Bonchev–Trinajstić information content (AvgIpc) is 3.11. The third-order valence-electron chi connectivity index (χ3n) is 3.38. The second-order valence-corrected chi connectivity index (χ2v) is 5.02. The topological polar surface area (TPSA) is 40.5 Å². The molecule has 2 fully saturated rings. The van der Waals surface area contributed by atoms with E-state index in [1.54, 1.807) is 12.1 Å². The van der Waals surface area contributed by atoms with E-state index in [9.17, 15) is 0 Å². The van der Waals surface area contributed by atoms with Crippen LogP contribution in [0.4, 0.5) is 0 Å². The van der Waals surface area contributed by atoms with E-state index < -0.39 is 0 Å². The second-order valence-electron chi connectivity index (χ2n) is 5.02. The Kier molecular flexibility index (Phi) is 21.1. The molecule has 3 rings (SSSR count). The number of phenolic OH excluding ortho intramolecular Hbond substituents is 2. The van der Waals surface area contributed by atoms with Crippen molar-refractivity contribution < 1.29 is 28.8 Å². The molecule has 1 radical (unpaired) electrons. The van der Waals surface area contributed by atoms with Crippen molar-refractivity contribution in [3.05, 3.63) is 39.1 Å². The average molecular weight is 331 g/mol. The van der Waals surface area contributed by atoms with Crippen molar-refractivity contribution in [1.29, 1.82) is 0 Å². The molecular formula is C18H32O2V. The van der Waals surface area contributed by atoms with E-state index in [0.717, 1.165) is 0 Å². The molecule has 0 spiro atoms. The molecule has 0 aliphatic heterocycles. The zero-order valence-electron chi connectivity index (χ0n) is 13.7. The van der Waals surface area contributed by atoms with Gasteiger partial charge >= 0.3 is 18.6 Å². The molecule has 0 bridgehead atoms. The first-order valence-electron chi connectivity index (χ1n) is 7.27. The van der Waals surface area contributed by atoms with Crippen LogP contribution in [-0.2, 0) is 18.6 Å². The van der Waals surface area contributed by atoms with Gasteiger partial charge in [0.05, 0.1) is 0 Å². The minimum Gasteiger partial charge on any atom is -0.504 e. The predicted molar refractivity (Wildman–Crippen MR) is 88.8 cm³/mol. The summed E-state index contributed by atoms with van der Waals surface area (Å²) >= 11 is 0. The van der Waals surface area contributed by atoms with Crippen molar-refractivity contribution in [3.63, 3.8) is 0 Å². The molecule has 0 aromatic heterocycles. The summed E-state index contributed by atoms with van der Waals surface area (Å²) in [6.45, 7) is 0. The molecule has 3 heteroatoms. The number of para-hydroxylation sites is 2. The zero-order chi connectivity index (χ0) is 13.1. The van der Waals surface area contributed by atoms with E-state index in [2.05, 4.69) is 0 Å². The van der Waals surface area contributed by atoms with Crippen LogP contribution in [-0.4, -0.2) is 10.2 Å². The van der Waals surface area contributed by atoms with Crippen molar-refractivity contribution in [3.8, 4) is 11.5 Å². The first-order valence-corrected chi connectivity index (χ1v) is 7.27. The van der Waals surface area contributed by atoms with Crippen molar-refractivity contribution in [2.75, 3.05) is 0 Å². The Morgan fingerprint density at radius 3 is 0.857 bits per heavy atom. The molecule has 0 atom stereocenters. The smallest absolute Gasteiger partial charge is 0.504 e. The van der Waals surface area contributed by atoms with E-state index in [1.165, 1.54) is 76.3 Å². The first-order chi connectivity index (χ1) is 8.80. The third kappa shape index (κ3) is 14.1.